The van der Waals surface area contributed by atoms with E-state index in [2.05, 4.69) is 26.0 Å². The van der Waals surface area contributed by atoms with Crippen LogP contribution in [-0.2, 0) is 10.0 Å². The van der Waals surface area contributed by atoms with Gasteiger partial charge in [-0.25, -0.2) is 8.42 Å². The number of nitrogens with one attached hydrogen (secondary N) is 2. The minimum atomic E-state index is -3.92. The maximum Gasteiger partial charge on any atom is 0.262 e. The van der Waals surface area contributed by atoms with Crippen LogP contribution in [0, 0.1) is 0 Å². The van der Waals surface area contributed by atoms with Gasteiger partial charge in [-0.2, -0.15) is 0 Å². The Morgan fingerprint density at radius 3 is 2.36 bits per heavy atom. The molecular formula is C20H17BrN2O4S. The normalized spacial score (nSPS) is 10.9. The summed E-state index contributed by atoms with van der Waals surface area (Å²) in [5.74, 6) is -0.0300. The number of carbonyl (C=O) groups is 1. The Hall–Kier alpha value is -2.84. The molecule has 0 fully saturated rings. The number of para-hydroxylation sites is 3. The van der Waals surface area contributed by atoms with Gasteiger partial charge in [0.15, 0.2) is 0 Å². The summed E-state index contributed by atoms with van der Waals surface area (Å²) >= 11 is 3.30. The van der Waals surface area contributed by atoms with E-state index < -0.39 is 15.9 Å². The van der Waals surface area contributed by atoms with Crippen LogP contribution in [0.25, 0.3) is 0 Å². The van der Waals surface area contributed by atoms with Crippen LogP contribution in [0.4, 0.5) is 11.4 Å². The fraction of sp³-hybridized carbons (Fsp3) is 0.0500. The predicted octanol–water partition coefficient (Wildman–Crippen LogP) is 4.51. The zero-order chi connectivity index (χ0) is 20.1. The van der Waals surface area contributed by atoms with Crippen LogP contribution in [0.5, 0.6) is 5.75 Å². The second kappa shape index (κ2) is 8.45. The highest BCUT2D eigenvalue weighted by molar-refractivity contribution is 9.10. The summed E-state index contributed by atoms with van der Waals surface area (Å²) in [6.07, 6.45) is 0. The van der Waals surface area contributed by atoms with Gasteiger partial charge in [0.25, 0.3) is 15.9 Å². The Balaban J connectivity index is 1.90. The van der Waals surface area contributed by atoms with Gasteiger partial charge in [0.1, 0.15) is 5.75 Å². The molecule has 0 aliphatic heterocycles. The van der Waals surface area contributed by atoms with Gasteiger partial charge in [0.2, 0.25) is 0 Å². The molecule has 3 rings (SSSR count). The number of hydrogen-bond donors (Lipinski definition) is 2. The summed E-state index contributed by atoms with van der Waals surface area (Å²) in [6.45, 7) is 0. The van der Waals surface area contributed by atoms with E-state index in [1.165, 1.54) is 25.3 Å². The quantitative estimate of drug-likeness (QED) is 0.566. The Morgan fingerprint density at radius 1 is 0.964 bits per heavy atom. The number of amides is 1. The standard InChI is InChI=1S/C20H17BrN2O4S/c1-27-19-10-6-5-9-18(19)23-28(25,26)15-11-12-17(21)16(13-15)20(24)22-14-7-3-2-4-8-14/h2-13,23H,1H3,(H,22,24). The van der Waals surface area contributed by atoms with Crippen molar-refractivity contribution in [2.75, 3.05) is 17.1 Å². The van der Waals surface area contributed by atoms with Gasteiger partial charge in [-0.05, 0) is 58.4 Å². The summed E-state index contributed by atoms with van der Waals surface area (Å²) in [7, 11) is -2.47. The highest BCUT2D eigenvalue weighted by atomic mass is 79.9. The van der Waals surface area contributed by atoms with Crippen LogP contribution < -0.4 is 14.8 Å². The number of ether oxygens (including phenoxy) is 1. The van der Waals surface area contributed by atoms with E-state index in [4.69, 9.17) is 4.74 Å². The largest absolute Gasteiger partial charge is 0.495 e. The van der Waals surface area contributed by atoms with Crippen LogP contribution in [-0.4, -0.2) is 21.4 Å². The van der Waals surface area contributed by atoms with Crippen LogP contribution in [0.1, 0.15) is 10.4 Å². The topological polar surface area (TPSA) is 84.5 Å². The van der Waals surface area contributed by atoms with Crippen LogP contribution in [0.3, 0.4) is 0 Å². The summed E-state index contributed by atoms with van der Waals surface area (Å²) in [5, 5.41) is 2.74. The molecule has 3 aromatic carbocycles. The average molecular weight is 461 g/mol. The van der Waals surface area contributed by atoms with Crippen molar-refractivity contribution in [1.29, 1.82) is 0 Å². The Bertz CT molecular complexity index is 1100. The van der Waals surface area contributed by atoms with Gasteiger partial charge in [0, 0.05) is 10.2 Å². The smallest absolute Gasteiger partial charge is 0.262 e. The van der Waals surface area contributed by atoms with Crippen molar-refractivity contribution in [3.05, 3.63) is 82.8 Å². The molecule has 1 amide bonds. The fourth-order valence-electron chi connectivity index (χ4n) is 2.50. The SMILES string of the molecule is COc1ccccc1NS(=O)(=O)c1ccc(Br)c(C(=O)Nc2ccccc2)c1. The number of carbonyl (C=O) groups excluding carboxylic acids is 1. The number of benzene rings is 3. The Kier molecular flexibility index (Phi) is 6.01. The first-order valence-electron chi connectivity index (χ1n) is 8.22. The molecule has 3 aromatic rings. The molecule has 28 heavy (non-hydrogen) atoms. The van der Waals surface area contributed by atoms with Gasteiger partial charge in [-0.3, -0.25) is 9.52 Å². The molecule has 0 aliphatic carbocycles. The molecule has 6 nitrogen and oxygen atoms in total. The zero-order valence-electron chi connectivity index (χ0n) is 14.8. The number of rotatable bonds is 6. The maximum atomic E-state index is 12.8. The first-order chi connectivity index (χ1) is 13.4. The third-order valence-corrected chi connectivity index (χ3v) is 5.93. The van der Waals surface area contributed by atoms with Crippen LogP contribution in [0.2, 0.25) is 0 Å². The van der Waals surface area contributed by atoms with Crippen molar-refractivity contribution in [3.63, 3.8) is 0 Å². The number of methoxy groups -OCH3 is 1. The minimum absolute atomic E-state index is 0.0418. The van der Waals surface area contributed by atoms with Gasteiger partial charge in [-0.15, -0.1) is 0 Å². The first-order valence-corrected chi connectivity index (χ1v) is 10.5. The Labute approximate surface area is 171 Å². The molecule has 0 aromatic heterocycles. The van der Waals surface area contributed by atoms with Crippen molar-refractivity contribution < 1.29 is 17.9 Å². The molecule has 0 saturated carbocycles. The number of sulfonamides is 1. The molecule has 0 bridgehead atoms. The van der Waals surface area contributed by atoms with E-state index in [-0.39, 0.29) is 10.5 Å². The van der Waals surface area contributed by atoms with Gasteiger partial charge in [0.05, 0.1) is 23.3 Å². The van der Waals surface area contributed by atoms with E-state index in [1.54, 1.807) is 48.5 Å². The third-order valence-electron chi connectivity index (χ3n) is 3.88. The fourth-order valence-corrected chi connectivity index (χ4v) is 4.02. The van der Waals surface area contributed by atoms with Gasteiger partial charge >= 0.3 is 0 Å². The lowest BCUT2D eigenvalue weighted by Gasteiger charge is -2.13. The van der Waals surface area contributed by atoms with E-state index in [9.17, 15) is 13.2 Å². The lowest BCUT2D eigenvalue weighted by molar-refractivity contribution is 0.102. The second-order valence-corrected chi connectivity index (χ2v) is 8.30. The highest BCUT2D eigenvalue weighted by Crippen LogP contribution is 2.28. The van der Waals surface area contributed by atoms with Crippen molar-refractivity contribution in [1.82, 2.24) is 0 Å². The molecule has 0 atom stereocenters. The molecule has 0 heterocycles. The zero-order valence-corrected chi connectivity index (χ0v) is 17.2. The minimum Gasteiger partial charge on any atom is -0.495 e. The first kappa shape index (κ1) is 19.9. The van der Waals surface area contributed by atoms with Crippen molar-refractivity contribution in [3.8, 4) is 5.75 Å². The van der Waals surface area contributed by atoms with Crippen LogP contribution in [0.15, 0.2) is 82.2 Å². The van der Waals surface area contributed by atoms with Crippen molar-refractivity contribution in [2.24, 2.45) is 0 Å². The van der Waals surface area contributed by atoms with Crippen molar-refractivity contribution >= 4 is 43.2 Å². The van der Waals surface area contributed by atoms with Gasteiger partial charge < -0.3 is 10.1 Å². The van der Waals surface area contributed by atoms with E-state index in [0.29, 0.717) is 21.6 Å². The molecule has 8 heteroatoms. The summed E-state index contributed by atoms with van der Waals surface area (Å²) in [5.41, 5.74) is 1.12. The molecule has 2 N–H and O–H groups in total. The van der Waals surface area contributed by atoms with Crippen molar-refractivity contribution in [2.45, 2.75) is 4.90 Å². The van der Waals surface area contributed by atoms with E-state index >= 15 is 0 Å². The molecule has 144 valence electrons. The summed E-state index contributed by atoms with van der Waals surface area (Å²) in [6, 6.07) is 19.9. The third kappa shape index (κ3) is 4.52. The Morgan fingerprint density at radius 2 is 1.64 bits per heavy atom. The molecule has 0 aliphatic rings. The van der Waals surface area contributed by atoms with E-state index in [0.717, 1.165) is 0 Å². The summed E-state index contributed by atoms with van der Waals surface area (Å²) in [4.78, 5) is 12.6. The molecular weight excluding hydrogens is 444 g/mol. The lowest BCUT2D eigenvalue weighted by Crippen LogP contribution is -2.16. The van der Waals surface area contributed by atoms with E-state index in [1.807, 2.05) is 6.07 Å². The average Bonchev–Trinajstić information content (AvgIpc) is 2.69. The molecule has 0 saturated heterocycles. The number of hydrogen-bond acceptors (Lipinski definition) is 4. The predicted molar refractivity (Wildman–Crippen MR) is 112 cm³/mol. The van der Waals surface area contributed by atoms with Crippen LogP contribution >= 0.6 is 15.9 Å². The molecule has 0 unspecified atom stereocenters. The summed E-state index contributed by atoms with van der Waals surface area (Å²) < 4.78 is 33.8. The van der Waals surface area contributed by atoms with Gasteiger partial charge in [-0.1, -0.05) is 30.3 Å². The second-order valence-electron chi connectivity index (χ2n) is 5.77. The number of halogens is 1. The molecule has 0 spiro atoms. The maximum absolute atomic E-state index is 12.8. The number of anilines is 2. The molecule has 0 radical (unpaired) electrons. The lowest BCUT2D eigenvalue weighted by atomic mass is 10.2. The highest BCUT2D eigenvalue weighted by Gasteiger charge is 2.20. The monoisotopic (exact) mass is 460 g/mol.